The highest BCUT2D eigenvalue weighted by Crippen LogP contribution is 2.39. The SMILES string of the molecule is CCOCC1CCC(CCC2CCC(CCCCCOCCCCCC3CCC(CCC4CCC(COCC)CC4)CC3)CC2)CC1. The van der Waals surface area contributed by atoms with Gasteiger partial charge in [-0.1, -0.05) is 141 Å². The summed E-state index contributed by atoms with van der Waals surface area (Å²) in [7, 11) is 0. The molecule has 0 spiro atoms. The Bertz CT molecular complexity index is 648. The lowest BCUT2D eigenvalue weighted by atomic mass is 9.75. The van der Waals surface area contributed by atoms with E-state index in [1.54, 1.807) is 0 Å². The van der Waals surface area contributed by atoms with E-state index in [1.807, 2.05) is 0 Å². The molecule has 0 N–H and O–H groups in total. The van der Waals surface area contributed by atoms with Crippen molar-refractivity contribution in [2.45, 2.75) is 194 Å². The van der Waals surface area contributed by atoms with E-state index in [-0.39, 0.29) is 0 Å². The predicted octanol–water partition coefficient (Wildman–Crippen LogP) is 13.0. The van der Waals surface area contributed by atoms with Crippen molar-refractivity contribution in [1.82, 2.24) is 0 Å². The Hall–Kier alpha value is -0.120. The quantitative estimate of drug-likeness (QED) is 0.0966. The number of hydrogen-bond donors (Lipinski definition) is 0. The molecule has 4 aliphatic rings. The normalized spacial score (nSPS) is 32.0. The van der Waals surface area contributed by atoms with E-state index in [4.69, 9.17) is 14.2 Å². The van der Waals surface area contributed by atoms with Gasteiger partial charge in [0.05, 0.1) is 0 Å². The summed E-state index contributed by atoms with van der Waals surface area (Å²) in [5, 5.41) is 0. The number of rotatable bonds is 24. The lowest BCUT2D eigenvalue weighted by molar-refractivity contribution is 0.0842. The van der Waals surface area contributed by atoms with Crippen LogP contribution in [0.5, 0.6) is 0 Å². The van der Waals surface area contributed by atoms with Crippen molar-refractivity contribution >= 4 is 0 Å². The van der Waals surface area contributed by atoms with Crippen molar-refractivity contribution in [2.24, 2.45) is 47.3 Å². The lowest BCUT2D eigenvalue weighted by Gasteiger charge is -2.32. The Balaban J connectivity index is 0.861. The molecule has 0 aromatic carbocycles. The second-order valence-corrected chi connectivity index (χ2v) is 17.3. The summed E-state index contributed by atoms with van der Waals surface area (Å²) in [5.41, 5.74) is 0. The van der Waals surface area contributed by atoms with Crippen molar-refractivity contribution in [3.63, 3.8) is 0 Å². The van der Waals surface area contributed by atoms with Crippen LogP contribution in [0.1, 0.15) is 194 Å². The maximum Gasteiger partial charge on any atom is 0.0494 e. The third-order valence-electron chi connectivity index (χ3n) is 13.7. The molecule has 47 heavy (non-hydrogen) atoms. The molecule has 0 amide bonds. The topological polar surface area (TPSA) is 27.7 Å². The maximum absolute atomic E-state index is 6.03. The minimum atomic E-state index is 0.852. The first kappa shape index (κ1) is 39.7. The summed E-state index contributed by atoms with van der Waals surface area (Å²) in [6.07, 6.45) is 40.9. The fraction of sp³-hybridized carbons (Fsp3) is 1.00. The Morgan fingerprint density at radius 1 is 0.298 bits per heavy atom. The minimum absolute atomic E-state index is 0.852. The zero-order chi connectivity index (χ0) is 32.8. The molecule has 4 saturated carbocycles. The average Bonchev–Trinajstić information content (AvgIpc) is 3.12. The largest absolute Gasteiger partial charge is 0.381 e. The maximum atomic E-state index is 6.03. The summed E-state index contributed by atoms with van der Waals surface area (Å²) in [6, 6.07) is 0. The fourth-order valence-electron chi connectivity index (χ4n) is 10.2. The number of unbranched alkanes of at least 4 members (excludes halogenated alkanes) is 4. The van der Waals surface area contributed by atoms with Gasteiger partial charge < -0.3 is 14.2 Å². The summed E-state index contributed by atoms with van der Waals surface area (Å²) in [5.74, 6) is 7.87. The highest BCUT2D eigenvalue weighted by atomic mass is 16.5. The number of hydrogen-bond acceptors (Lipinski definition) is 3. The van der Waals surface area contributed by atoms with E-state index in [9.17, 15) is 0 Å². The van der Waals surface area contributed by atoms with E-state index >= 15 is 0 Å². The summed E-state index contributed by atoms with van der Waals surface area (Å²) in [6.45, 7) is 10.0. The molecule has 0 aromatic heterocycles. The molecule has 3 nitrogen and oxygen atoms in total. The van der Waals surface area contributed by atoms with Gasteiger partial charge in [-0.05, 0) is 99.7 Å². The van der Waals surface area contributed by atoms with Gasteiger partial charge in [0.1, 0.15) is 0 Å². The van der Waals surface area contributed by atoms with E-state index in [0.29, 0.717) is 0 Å². The van der Waals surface area contributed by atoms with Gasteiger partial charge in [0.25, 0.3) is 0 Å². The van der Waals surface area contributed by atoms with Gasteiger partial charge in [0, 0.05) is 39.6 Å². The third kappa shape index (κ3) is 17.1. The van der Waals surface area contributed by atoms with Crippen LogP contribution in [0.3, 0.4) is 0 Å². The molecule has 4 fully saturated rings. The van der Waals surface area contributed by atoms with Crippen LogP contribution >= 0.6 is 0 Å². The molecule has 276 valence electrons. The van der Waals surface area contributed by atoms with Crippen LogP contribution in [0.25, 0.3) is 0 Å². The summed E-state index contributed by atoms with van der Waals surface area (Å²) >= 11 is 0. The summed E-state index contributed by atoms with van der Waals surface area (Å²) in [4.78, 5) is 0. The summed E-state index contributed by atoms with van der Waals surface area (Å²) < 4.78 is 17.4. The van der Waals surface area contributed by atoms with Crippen LogP contribution in [0.15, 0.2) is 0 Å². The van der Waals surface area contributed by atoms with E-state index in [0.717, 1.165) is 87.0 Å². The van der Waals surface area contributed by atoms with Crippen LogP contribution in [-0.4, -0.2) is 39.6 Å². The Morgan fingerprint density at radius 3 is 0.872 bits per heavy atom. The van der Waals surface area contributed by atoms with Gasteiger partial charge in [-0.2, -0.15) is 0 Å². The Labute approximate surface area is 294 Å². The van der Waals surface area contributed by atoms with Gasteiger partial charge in [-0.25, -0.2) is 0 Å². The van der Waals surface area contributed by atoms with Crippen molar-refractivity contribution in [3.05, 3.63) is 0 Å². The third-order valence-corrected chi connectivity index (χ3v) is 13.7. The minimum Gasteiger partial charge on any atom is -0.381 e. The first-order valence-corrected chi connectivity index (χ1v) is 21.9. The van der Waals surface area contributed by atoms with E-state index in [1.165, 1.54) is 180 Å². The van der Waals surface area contributed by atoms with Gasteiger partial charge >= 0.3 is 0 Å². The molecule has 0 atom stereocenters. The molecule has 0 saturated heterocycles. The molecule has 4 rings (SSSR count). The predicted molar refractivity (Wildman–Crippen MR) is 201 cm³/mol. The Morgan fingerprint density at radius 2 is 0.574 bits per heavy atom. The van der Waals surface area contributed by atoms with E-state index < -0.39 is 0 Å². The molecule has 0 heterocycles. The molecule has 0 radical (unpaired) electrons. The molecule has 3 heteroatoms. The first-order chi connectivity index (χ1) is 23.2. The van der Waals surface area contributed by atoms with Crippen LogP contribution in [0.4, 0.5) is 0 Å². The monoisotopic (exact) mass is 659 g/mol. The molecular weight excluding hydrogens is 576 g/mol. The average molecular weight is 659 g/mol. The van der Waals surface area contributed by atoms with Crippen LogP contribution in [0.2, 0.25) is 0 Å². The second-order valence-electron chi connectivity index (χ2n) is 17.3. The number of ether oxygens (including phenoxy) is 3. The lowest BCUT2D eigenvalue weighted by Crippen LogP contribution is -2.20. The van der Waals surface area contributed by atoms with Crippen LogP contribution in [0, 0.1) is 47.3 Å². The zero-order valence-corrected chi connectivity index (χ0v) is 31.9. The van der Waals surface area contributed by atoms with Crippen molar-refractivity contribution in [2.75, 3.05) is 39.6 Å². The molecule has 0 bridgehead atoms. The highest BCUT2D eigenvalue weighted by molar-refractivity contribution is 4.78. The molecular formula is C44H82O3. The van der Waals surface area contributed by atoms with Crippen LogP contribution in [-0.2, 0) is 14.2 Å². The van der Waals surface area contributed by atoms with Crippen molar-refractivity contribution < 1.29 is 14.2 Å². The molecule has 0 aromatic rings. The van der Waals surface area contributed by atoms with Gasteiger partial charge in [0.2, 0.25) is 0 Å². The molecule has 0 unspecified atom stereocenters. The molecule has 0 aliphatic heterocycles. The first-order valence-electron chi connectivity index (χ1n) is 21.9. The van der Waals surface area contributed by atoms with Gasteiger partial charge in [-0.15, -0.1) is 0 Å². The molecule has 4 aliphatic carbocycles. The van der Waals surface area contributed by atoms with Gasteiger partial charge in [-0.3, -0.25) is 0 Å². The van der Waals surface area contributed by atoms with Crippen LogP contribution < -0.4 is 0 Å². The standard InChI is InChI=1S/C44H82O3/c1-3-45-35-43-29-25-41(26-30-43)23-21-39-17-13-37(14-18-39)11-7-5-9-33-47-34-10-6-8-12-38-15-19-40(20-16-38)22-24-42-27-31-44(32-28-42)36-46-4-2/h37-44H,3-36H2,1-2H3. The van der Waals surface area contributed by atoms with E-state index in [2.05, 4.69) is 13.8 Å². The zero-order valence-electron chi connectivity index (χ0n) is 31.9. The van der Waals surface area contributed by atoms with Gasteiger partial charge in [0.15, 0.2) is 0 Å². The van der Waals surface area contributed by atoms with Crippen molar-refractivity contribution in [3.8, 4) is 0 Å². The van der Waals surface area contributed by atoms with Crippen molar-refractivity contribution in [1.29, 1.82) is 0 Å². The Kier molecular flexibility index (Phi) is 21.0. The smallest absolute Gasteiger partial charge is 0.0494 e. The highest BCUT2D eigenvalue weighted by Gasteiger charge is 2.26. The second kappa shape index (κ2) is 24.9. The fourth-order valence-corrected chi connectivity index (χ4v) is 10.2.